The molecule has 1 fully saturated rings. The highest BCUT2D eigenvalue weighted by Crippen LogP contribution is 2.23. The van der Waals surface area contributed by atoms with Crippen LogP contribution in [-0.4, -0.2) is 51.2 Å². The number of nitrogens with one attached hydrogen (secondary N) is 1. The molecule has 1 saturated heterocycles. The van der Waals surface area contributed by atoms with E-state index in [1.165, 1.54) is 11.3 Å². The third kappa shape index (κ3) is 2.85. The van der Waals surface area contributed by atoms with E-state index in [1.54, 1.807) is 0 Å². The van der Waals surface area contributed by atoms with E-state index in [0.717, 1.165) is 32.6 Å². The van der Waals surface area contributed by atoms with Crippen LogP contribution < -0.4 is 10.2 Å². The molecule has 2 rings (SSSR count). The predicted octanol–water partition coefficient (Wildman–Crippen LogP) is 1.59. The van der Waals surface area contributed by atoms with Crippen LogP contribution in [0.5, 0.6) is 0 Å². The van der Waals surface area contributed by atoms with E-state index in [-0.39, 0.29) is 0 Å². The Morgan fingerprint density at radius 1 is 1.28 bits per heavy atom. The second kappa shape index (κ2) is 6.21. The third-order valence-electron chi connectivity index (χ3n) is 3.93. The molecule has 3 heteroatoms. The number of anilines is 1. The Morgan fingerprint density at radius 3 is 2.78 bits per heavy atom. The maximum absolute atomic E-state index is 3.30. The first-order chi connectivity index (χ1) is 8.76. The Morgan fingerprint density at radius 2 is 2.06 bits per heavy atom. The van der Waals surface area contributed by atoms with Crippen LogP contribution >= 0.6 is 0 Å². The monoisotopic (exact) mass is 247 g/mol. The molecule has 1 aliphatic heterocycles. The van der Waals surface area contributed by atoms with Crippen LogP contribution in [0.4, 0.5) is 5.69 Å². The molecule has 1 atom stereocenters. The summed E-state index contributed by atoms with van der Waals surface area (Å²) in [5.41, 5.74) is 2.89. The van der Waals surface area contributed by atoms with Crippen LogP contribution in [-0.2, 0) is 6.42 Å². The lowest BCUT2D eigenvalue weighted by atomic mass is 10.1. The van der Waals surface area contributed by atoms with Crippen LogP contribution in [0.1, 0.15) is 12.5 Å². The molecule has 1 heterocycles. The number of aryl methyl sites for hydroxylation is 1. The molecule has 1 N–H and O–H groups in total. The highest BCUT2D eigenvalue weighted by atomic mass is 15.3. The van der Waals surface area contributed by atoms with Gasteiger partial charge in [0.05, 0.1) is 0 Å². The van der Waals surface area contributed by atoms with Crippen molar-refractivity contribution in [2.75, 3.05) is 45.2 Å². The number of rotatable bonds is 4. The largest absolute Gasteiger partial charge is 0.368 e. The van der Waals surface area contributed by atoms with Gasteiger partial charge in [0.1, 0.15) is 0 Å². The highest BCUT2D eigenvalue weighted by molar-refractivity contribution is 5.54. The summed E-state index contributed by atoms with van der Waals surface area (Å²) in [5.74, 6) is 0. The molecule has 1 unspecified atom stereocenters. The molecule has 1 aromatic carbocycles. The Kier molecular flexibility index (Phi) is 4.61. The smallest absolute Gasteiger partial charge is 0.0399 e. The van der Waals surface area contributed by atoms with Crippen LogP contribution in [0.3, 0.4) is 0 Å². The van der Waals surface area contributed by atoms with E-state index >= 15 is 0 Å². The first-order valence-corrected chi connectivity index (χ1v) is 6.94. The summed E-state index contributed by atoms with van der Waals surface area (Å²) >= 11 is 0. The van der Waals surface area contributed by atoms with Crippen molar-refractivity contribution in [2.24, 2.45) is 0 Å². The minimum absolute atomic E-state index is 0.605. The number of para-hydroxylation sites is 1. The lowest BCUT2D eigenvalue weighted by Crippen LogP contribution is -2.55. The van der Waals surface area contributed by atoms with Crippen molar-refractivity contribution in [3.8, 4) is 0 Å². The van der Waals surface area contributed by atoms with Gasteiger partial charge in [0.2, 0.25) is 0 Å². The highest BCUT2D eigenvalue weighted by Gasteiger charge is 2.24. The maximum atomic E-state index is 3.30. The minimum atomic E-state index is 0.605. The Hall–Kier alpha value is -1.06. The molecule has 1 aromatic rings. The van der Waals surface area contributed by atoms with Gasteiger partial charge in [0.25, 0.3) is 0 Å². The average Bonchev–Trinajstić information content (AvgIpc) is 2.41. The Labute approximate surface area is 111 Å². The average molecular weight is 247 g/mol. The predicted molar refractivity (Wildman–Crippen MR) is 78.4 cm³/mol. The van der Waals surface area contributed by atoms with Crippen molar-refractivity contribution in [1.82, 2.24) is 10.2 Å². The standard InChI is InChI=1S/C15H25N3/c1-4-13-7-5-6-8-15(13)18-10-9-17(3)14(12-18)11-16-2/h5-8,14,16H,4,9-12H2,1-3H3. The molecule has 3 nitrogen and oxygen atoms in total. The number of piperazine rings is 1. The zero-order valence-electron chi connectivity index (χ0n) is 11.8. The number of hydrogen-bond acceptors (Lipinski definition) is 3. The number of hydrogen-bond donors (Lipinski definition) is 1. The van der Waals surface area contributed by atoms with E-state index in [4.69, 9.17) is 0 Å². The summed E-state index contributed by atoms with van der Waals surface area (Å²) in [6.07, 6.45) is 1.11. The van der Waals surface area contributed by atoms with Gasteiger partial charge >= 0.3 is 0 Å². The van der Waals surface area contributed by atoms with Crippen molar-refractivity contribution >= 4 is 5.69 Å². The van der Waals surface area contributed by atoms with E-state index in [2.05, 4.69) is 53.4 Å². The molecule has 1 aliphatic rings. The summed E-state index contributed by atoms with van der Waals surface area (Å²) in [5, 5.41) is 3.30. The molecule has 0 spiro atoms. The van der Waals surface area contributed by atoms with Crippen LogP contribution in [0.25, 0.3) is 0 Å². The zero-order chi connectivity index (χ0) is 13.0. The fraction of sp³-hybridized carbons (Fsp3) is 0.600. The molecule has 0 radical (unpaired) electrons. The van der Waals surface area contributed by atoms with Gasteiger partial charge in [-0.2, -0.15) is 0 Å². The molecule has 0 saturated carbocycles. The second-order valence-corrected chi connectivity index (χ2v) is 5.12. The first-order valence-electron chi connectivity index (χ1n) is 6.94. The quantitative estimate of drug-likeness (QED) is 0.871. The van der Waals surface area contributed by atoms with E-state index in [9.17, 15) is 0 Å². The van der Waals surface area contributed by atoms with E-state index in [1.807, 2.05) is 7.05 Å². The van der Waals surface area contributed by atoms with Crippen molar-refractivity contribution in [2.45, 2.75) is 19.4 Å². The molecule has 0 aliphatic carbocycles. The molecule has 0 amide bonds. The van der Waals surface area contributed by atoms with E-state index < -0.39 is 0 Å². The van der Waals surface area contributed by atoms with Crippen molar-refractivity contribution in [3.63, 3.8) is 0 Å². The van der Waals surface area contributed by atoms with Crippen molar-refractivity contribution < 1.29 is 0 Å². The fourth-order valence-electron chi connectivity index (χ4n) is 2.74. The number of benzene rings is 1. The molecule has 18 heavy (non-hydrogen) atoms. The van der Waals surface area contributed by atoms with Crippen LogP contribution in [0, 0.1) is 0 Å². The van der Waals surface area contributed by atoms with Gasteiger partial charge in [0, 0.05) is 37.9 Å². The summed E-state index contributed by atoms with van der Waals surface area (Å²) in [6.45, 7) is 6.69. The van der Waals surface area contributed by atoms with Crippen LogP contribution in [0.2, 0.25) is 0 Å². The van der Waals surface area contributed by atoms with Gasteiger partial charge in [0.15, 0.2) is 0 Å². The van der Waals surface area contributed by atoms with Gasteiger partial charge in [-0.1, -0.05) is 25.1 Å². The van der Waals surface area contributed by atoms with Crippen molar-refractivity contribution in [1.29, 1.82) is 0 Å². The van der Waals surface area contributed by atoms with Gasteiger partial charge < -0.3 is 10.2 Å². The summed E-state index contributed by atoms with van der Waals surface area (Å²) in [4.78, 5) is 5.00. The minimum Gasteiger partial charge on any atom is -0.368 e. The molecular formula is C15H25N3. The maximum Gasteiger partial charge on any atom is 0.0399 e. The SMILES string of the molecule is CCc1ccccc1N1CCN(C)C(CNC)C1. The lowest BCUT2D eigenvalue weighted by Gasteiger charge is -2.41. The van der Waals surface area contributed by atoms with Gasteiger partial charge in [-0.15, -0.1) is 0 Å². The van der Waals surface area contributed by atoms with E-state index in [0.29, 0.717) is 6.04 Å². The number of likely N-dealkylation sites (N-methyl/N-ethyl adjacent to an activating group) is 2. The Bertz CT molecular complexity index is 378. The third-order valence-corrected chi connectivity index (χ3v) is 3.93. The van der Waals surface area contributed by atoms with Crippen LogP contribution in [0.15, 0.2) is 24.3 Å². The molecule has 0 bridgehead atoms. The van der Waals surface area contributed by atoms with Crippen molar-refractivity contribution in [3.05, 3.63) is 29.8 Å². The summed E-state index contributed by atoms with van der Waals surface area (Å²) < 4.78 is 0. The topological polar surface area (TPSA) is 18.5 Å². The zero-order valence-corrected chi connectivity index (χ0v) is 11.8. The summed E-state index contributed by atoms with van der Waals surface area (Å²) in [6, 6.07) is 9.42. The van der Waals surface area contributed by atoms with Gasteiger partial charge in [-0.25, -0.2) is 0 Å². The molecule has 100 valence electrons. The molecule has 0 aromatic heterocycles. The van der Waals surface area contributed by atoms with Gasteiger partial charge in [-0.05, 0) is 32.1 Å². The molecular weight excluding hydrogens is 222 g/mol. The first kappa shape index (κ1) is 13.4. The normalized spacial score (nSPS) is 21.3. The summed E-state index contributed by atoms with van der Waals surface area (Å²) in [7, 11) is 4.26. The van der Waals surface area contributed by atoms with Gasteiger partial charge in [-0.3, -0.25) is 4.90 Å². The number of nitrogens with zero attached hydrogens (tertiary/aromatic N) is 2. The lowest BCUT2D eigenvalue weighted by molar-refractivity contribution is 0.216. The fourth-order valence-corrected chi connectivity index (χ4v) is 2.74. The Balaban J connectivity index is 2.13. The second-order valence-electron chi connectivity index (χ2n) is 5.12.